The Labute approximate surface area is 103 Å². The molecule has 1 rings (SSSR count). The Morgan fingerprint density at radius 2 is 2.25 bits per heavy atom. The molecule has 0 radical (unpaired) electrons. The normalized spacial score (nSPS) is 13.3. The van der Waals surface area contributed by atoms with E-state index in [1.807, 2.05) is 0 Å². The van der Waals surface area contributed by atoms with Crippen LogP contribution in [0.25, 0.3) is 0 Å². The zero-order valence-corrected chi connectivity index (χ0v) is 11.4. The fourth-order valence-corrected chi connectivity index (χ4v) is 2.29. The van der Waals surface area contributed by atoms with Crippen molar-refractivity contribution in [2.45, 2.75) is 45.7 Å². The van der Waals surface area contributed by atoms with Gasteiger partial charge in [0.05, 0.1) is 10.7 Å². The number of aromatic nitrogens is 1. The third kappa shape index (κ3) is 5.58. The lowest BCUT2D eigenvalue weighted by Gasteiger charge is -2.15. The lowest BCUT2D eigenvalue weighted by atomic mass is 10.1. The first-order chi connectivity index (χ1) is 7.58. The molecule has 4 heteroatoms. The Morgan fingerprint density at radius 3 is 2.81 bits per heavy atom. The van der Waals surface area contributed by atoms with Gasteiger partial charge in [-0.3, -0.25) is 0 Å². The van der Waals surface area contributed by atoms with Crippen LogP contribution in [0.5, 0.6) is 0 Å². The van der Waals surface area contributed by atoms with E-state index in [1.54, 1.807) is 11.3 Å². The van der Waals surface area contributed by atoms with Gasteiger partial charge in [-0.25, -0.2) is 4.98 Å². The van der Waals surface area contributed by atoms with Gasteiger partial charge in [0.1, 0.15) is 0 Å². The predicted molar refractivity (Wildman–Crippen MR) is 70.7 cm³/mol. The van der Waals surface area contributed by atoms with E-state index in [9.17, 15) is 0 Å². The maximum absolute atomic E-state index is 5.71. The molecular formula is C12H23N3S. The summed E-state index contributed by atoms with van der Waals surface area (Å²) in [7, 11) is 2.15. The largest absolute Gasteiger partial charge is 0.328 e. The molecule has 1 aromatic rings. The van der Waals surface area contributed by atoms with Gasteiger partial charge in [-0.1, -0.05) is 6.42 Å². The highest BCUT2D eigenvalue weighted by atomic mass is 32.1. The molecule has 0 amide bonds. The number of hydrogen-bond donors (Lipinski definition) is 1. The number of nitrogens with zero attached hydrogens (tertiary/aromatic N) is 2. The zero-order valence-electron chi connectivity index (χ0n) is 10.6. The maximum atomic E-state index is 5.71. The van der Waals surface area contributed by atoms with Gasteiger partial charge in [0.25, 0.3) is 0 Å². The fraction of sp³-hybridized carbons (Fsp3) is 0.750. The van der Waals surface area contributed by atoms with Crippen LogP contribution in [0.3, 0.4) is 0 Å². The number of unbranched alkanes of at least 4 members (excludes halogenated alkanes) is 1. The molecule has 0 bridgehead atoms. The molecule has 16 heavy (non-hydrogen) atoms. The summed E-state index contributed by atoms with van der Waals surface area (Å²) in [4.78, 5) is 6.79. The highest BCUT2D eigenvalue weighted by Gasteiger charge is 2.03. The lowest BCUT2D eigenvalue weighted by molar-refractivity contribution is 0.312. The van der Waals surface area contributed by atoms with E-state index in [1.165, 1.54) is 18.5 Å². The molecule has 0 saturated carbocycles. The molecule has 0 aliphatic carbocycles. The molecule has 1 atom stereocenters. The average molecular weight is 241 g/mol. The van der Waals surface area contributed by atoms with Crippen molar-refractivity contribution in [3.05, 3.63) is 16.1 Å². The second kappa shape index (κ2) is 6.99. The number of hydrogen-bond acceptors (Lipinski definition) is 4. The first kappa shape index (κ1) is 13.6. The van der Waals surface area contributed by atoms with Crippen molar-refractivity contribution in [2.75, 3.05) is 13.6 Å². The molecule has 1 unspecified atom stereocenters. The van der Waals surface area contributed by atoms with E-state index in [0.717, 1.165) is 24.5 Å². The molecule has 1 heterocycles. The number of thiazole rings is 1. The Bertz CT molecular complexity index is 296. The van der Waals surface area contributed by atoms with Crippen LogP contribution >= 0.6 is 11.3 Å². The van der Waals surface area contributed by atoms with Gasteiger partial charge < -0.3 is 10.6 Å². The number of nitrogens with two attached hydrogens (primary N) is 1. The third-order valence-corrected chi connectivity index (χ3v) is 3.37. The van der Waals surface area contributed by atoms with E-state index in [2.05, 4.69) is 36.2 Å². The smallest absolute Gasteiger partial charge is 0.0897 e. The number of aryl methyl sites for hydroxylation is 1. The van der Waals surface area contributed by atoms with Crippen LogP contribution in [0.15, 0.2) is 5.38 Å². The topological polar surface area (TPSA) is 42.2 Å². The van der Waals surface area contributed by atoms with Crippen molar-refractivity contribution >= 4 is 11.3 Å². The summed E-state index contributed by atoms with van der Waals surface area (Å²) in [6.45, 7) is 6.21. The second-order valence-electron chi connectivity index (χ2n) is 4.57. The SMILES string of the molecule is Cc1nc(CN(C)CCCCC(C)N)cs1. The molecule has 3 nitrogen and oxygen atoms in total. The van der Waals surface area contributed by atoms with Crippen LogP contribution in [-0.2, 0) is 6.54 Å². The van der Waals surface area contributed by atoms with Crippen molar-refractivity contribution in [1.82, 2.24) is 9.88 Å². The van der Waals surface area contributed by atoms with Gasteiger partial charge in [-0.2, -0.15) is 0 Å². The first-order valence-electron chi connectivity index (χ1n) is 5.93. The molecule has 2 N–H and O–H groups in total. The summed E-state index contributed by atoms with van der Waals surface area (Å²) in [5, 5.41) is 3.30. The minimum atomic E-state index is 0.339. The Balaban J connectivity index is 2.13. The highest BCUT2D eigenvalue weighted by molar-refractivity contribution is 7.09. The van der Waals surface area contributed by atoms with Crippen LogP contribution in [0.1, 0.15) is 36.9 Å². The van der Waals surface area contributed by atoms with E-state index in [4.69, 9.17) is 5.73 Å². The molecule has 1 aromatic heterocycles. The summed E-state index contributed by atoms with van der Waals surface area (Å²) < 4.78 is 0. The molecule has 0 saturated heterocycles. The van der Waals surface area contributed by atoms with Gasteiger partial charge >= 0.3 is 0 Å². The second-order valence-corrected chi connectivity index (χ2v) is 5.63. The van der Waals surface area contributed by atoms with Gasteiger partial charge in [0.2, 0.25) is 0 Å². The van der Waals surface area contributed by atoms with Gasteiger partial charge in [-0.05, 0) is 40.3 Å². The minimum absolute atomic E-state index is 0.339. The van der Waals surface area contributed by atoms with Crippen molar-refractivity contribution in [3.8, 4) is 0 Å². The van der Waals surface area contributed by atoms with Crippen molar-refractivity contribution in [1.29, 1.82) is 0 Å². The summed E-state index contributed by atoms with van der Waals surface area (Å²) in [5.74, 6) is 0. The Hall–Kier alpha value is -0.450. The lowest BCUT2D eigenvalue weighted by Crippen LogP contribution is -2.20. The van der Waals surface area contributed by atoms with Crippen LogP contribution in [-0.4, -0.2) is 29.5 Å². The molecule has 0 aliphatic heterocycles. The predicted octanol–water partition coefficient (Wildman–Crippen LogP) is 2.40. The summed E-state index contributed by atoms with van der Waals surface area (Å²) in [6, 6.07) is 0.339. The fourth-order valence-electron chi connectivity index (χ4n) is 1.68. The van der Waals surface area contributed by atoms with Crippen LogP contribution < -0.4 is 5.73 Å². The highest BCUT2D eigenvalue weighted by Crippen LogP contribution is 2.10. The van der Waals surface area contributed by atoms with E-state index < -0.39 is 0 Å². The molecular weight excluding hydrogens is 218 g/mol. The maximum Gasteiger partial charge on any atom is 0.0897 e. The van der Waals surface area contributed by atoms with Crippen molar-refractivity contribution in [3.63, 3.8) is 0 Å². The molecule has 0 fully saturated rings. The van der Waals surface area contributed by atoms with Crippen LogP contribution in [0.4, 0.5) is 0 Å². The zero-order chi connectivity index (χ0) is 12.0. The number of rotatable bonds is 7. The molecule has 0 aliphatic rings. The van der Waals surface area contributed by atoms with Crippen LogP contribution in [0, 0.1) is 6.92 Å². The molecule has 92 valence electrons. The monoisotopic (exact) mass is 241 g/mol. The van der Waals surface area contributed by atoms with Crippen molar-refractivity contribution in [2.24, 2.45) is 5.73 Å². The summed E-state index contributed by atoms with van der Waals surface area (Å²) in [5.41, 5.74) is 6.91. The third-order valence-electron chi connectivity index (χ3n) is 2.55. The van der Waals surface area contributed by atoms with Crippen molar-refractivity contribution < 1.29 is 0 Å². The summed E-state index contributed by atoms with van der Waals surface area (Å²) >= 11 is 1.72. The van der Waals surface area contributed by atoms with Gasteiger partial charge in [-0.15, -0.1) is 11.3 Å². The molecule has 0 aromatic carbocycles. The average Bonchev–Trinajstić information content (AvgIpc) is 2.58. The quantitative estimate of drug-likeness (QED) is 0.745. The van der Waals surface area contributed by atoms with E-state index in [0.29, 0.717) is 6.04 Å². The Morgan fingerprint density at radius 1 is 1.50 bits per heavy atom. The van der Waals surface area contributed by atoms with E-state index >= 15 is 0 Å². The van der Waals surface area contributed by atoms with E-state index in [-0.39, 0.29) is 0 Å². The molecule has 0 spiro atoms. The van der Waals surface area contributed by atoms with Gasteiger partial charge in [0.15, 0.2) is 0 Å². The minimum Gasteiger partial charge on any atom is -0.328 e. The van der Waals surface area contributed by atoms with Crippen LogP contribution in [0.2, 0.25) is 0 Å². The summed E-state index contributed by atoms with van der Waals surface area (Å²) in [6.07, 6.45) is 3.57. The first-order valence-corrected chi connectivity index (χ1v) is 6.81. The van der Waals surface area contributed by atoms with Gasteiger partial charge in [0, 0.05) is 18.0 Å². The standard InChI is InChI=1S/C12H23N3S/c1-10(13)6-4-5-7-15(3)8-12-9-16-11(2)14-12/h9-10H,4-8,13H2,1-3H3. The Kier molecular flexibility index (Phi) is 5.95.